The highest BCUT2D eigenvalue weighted by Crippen LogP contribution is 2.04. The summed E-state index contributed by atoms with van der Waals surface area (Å²) in [7, 11) is 0. The minimum atomic E-state index is -0.130. The van der Waals surface area contributed by atoms with E-state index in [0.29, 0.717) is 0 Å². The average molecular weight is 180 g/mol. The Kier molecular flexibility index (Phi) is 3.19. The molecular formula is C9H16N4. The second-order valence-electron chi connectivity index (χ2n) is 3.77. The molecule has 1 heterocycles. The SMILES string of the molecule is CC(C)(N)CCNc1cccnn1. The molecule has 0 aromatic carbocycles. The van der Waals surface area contributed by atoms with Crippen molar-refractivity contribution in [3.63, 3.8) is 0 Å². The van der Waals surface area contributed by atoms with E-state index in [1.165, 1.54) is 0 Å². The zero-order valence-corrected chi connectivity index (χ0v) is 8.12. The first-order chi connectivity index (χ1) is 6.08. The van der Waals surface area contributed by atoms with Crippen molar-refractivity contribution in [1.82, 2.24) is 10.2 Å². The van der Waals surface area contributed by atoms with Crippen LogP contribution in [0.25, 0.3) is 0 Å². The van der Waals surface area contributed by atoms with Crippen LogP contribution < -0.4 is 11.1 Å². The van der Waals surface area contributed by atoms with Crippen molar-refractivity contribution in [3.8, 4) is 0 Å². The van der Waals surface area contributed by atoms with Crippen molar-refractivity contribution in [2.24, 2.45) is 5.73 Å². The first-order valence-electron chi connectivity index (χ1n) is 4.38. The molecule has 0 amide bonds. The molecule has 1 aromatic rings. The summed E-state index contributed by atoms with van der Waals surface area (Å²) in [6.07, 6.45) is 2.56. The summed E-state index contributed by atoms with van der Waals surface area (Å²) in [4.78, 5) is 0. The van der Waals surface area contributed by atoms with Crippen molar-refractivity contribution in [2.75, 3.05) is 11.9 Å². The number of nitrogens with two attached hydrogens (primary N) is 1. The number of anilines is 1. The molecule has 4 nitrogen and oxygen atoms in total. The number of aromatic nitrogens is 2. The monoisotopic (exact) mass is 180 g/mol. The standard InChI is InChI=1S/C9H16N4/c1-9(2,10)5-7-11-8-4-3-6-12-13-8/h3-4,6H,5,7,10H2,1-2H3,(H,11,13). The molecule has 0 saturated carbocycles. The Labute approximate surface area is 78.6 Å². The fraction of sp³-hybridized carbons (Fsp3) is 0.556. The Balaban J connectivity index is 2.29. The summed E-state index contributed by atoms with van der Waals surface area (Å²) in [5.74, 6) is 0.798. The Morgan fingerprint density at radius 2 is 2.31 bits per heavy atom. The van der Waals surface area contributed by atoms with Gasteiger partial charge in [-0.25, -0.2) is 0 Å². The Hall–Kier alpha value is -1.16. The number of hydrogen-bond donors (Lipinski definition) is 2. The molecule has 72 valence electrons. The zero-order chi connectivity index (χ0) is 9.73. The summed E-state index contributed by atoms with van der Waals surface area (Å²) >= 11 is 0. The van der Waals surface area contributed by atoms with Gasteiger partial charge in [0.25, 0.3) is 0 Å². The van der Waals surface area contributed by atoms with Crippen molar-refractivity contribution in [2.45, 2.75) is 25.8 Å². The van der Waals surface area contributed by atoms with Gasteiger partial charge >= 0.3 is 0 Å². The predicted octanol–water partition coefficient (Wildman–Crippen LogP) is 1.02. The second-order valence-corrected chi connectivity index (χ2v) is 3.77. The zero-order valence-electron chi connectivity index (χ0n) is 8.12. The molecule has 1 aromatic heterocycles. The second kappa shape index (κ2) is 4.18. The first-order valence-corrected chi connectivity index (χ1v) is 4.38. The van der Waals surface area contributed by atoms with Crippen LogP contribution in [0.2, 0.25) is 0 Å². The van der Waals surface area contributed by atoms with E-state index in [4.69, 9.17) is 5.73 Å². The van der Waals surface area contributed by atoms with Crippen molar-refractivity contribution in [3.05, 3.63) is 18.3 Å². The highest BCUT2D eigenvalue weighted by Gasteiger charge is 2.09. The van der Waals surface area contributed by atoms with Gasteiger partial charge in [-0.3, -0.25) is 0 Å². The molecule has 13 heavy (non-hydrogen) atoms. The maximum absolute atomic E-state index is 5.82. The van der Waals surface area contributed by atoms with Crippen LogP contribution in [-0.4, -0.2) is 22.3 Å². The average Bonchev–Trinajstić information content (AvgIpc) is 2.04. The van der Waals surface area contributed by atoms with Gasteiger partial charge in [-0.2, -0.15) is 5.10 Å². The van der Waals surface area contributed by atoms with E-state index < -0.39 is 0 Å². The summed E-state index contributed by atoms with van der Waals surface area (Å²) < 4.78 is 0. The van der Waals surface area contributed by atoms with Gasteiger partial charge in [0.15, 0.2) is 0 Å². The number of rotatable bonds is 4. The van der Waals surface area contributed by atoms with E-state index in [1.54, 1.807) is 6.20 Å². The van der Waals surface area contributed by atoms with Gasteiger partial charge in [0.1, 0.15) is 5.82 Å². The summed E-state index contributed by atoms with van der Waals surface area (Å²) in [5.41, 5.74) is 5.69. The topological polar surface area (TPSA) is 63.8 Å². The van der Waals surface area contributed by atoms with Crippen LogP contribution in [0, 0.1) is 0 Å². The Bertz CT molecular complexity index is 240. The van der Waals surface area contributed by atoms with Gasteiger partial charge in [0, 0.05) is 18.3 Å². The third-order valence-corrected chi connectivity index (χ3v) is 1.65. The number of nitrogens with one attached hydrogen (secondary N) is 1. The molecule has 0 radical (unpaired) electrons. The maximum atomic E-state index is 5.82. The van der Waals surface area contributed by atoms with Gasteiger partial charge in [0.05, 0.1) is 0 Å². The summed E-state index contributed by atoms with van der Waals surface area (Å²) in [6.45, 7) is 4.83. The lowest BCUT2D eigenvalue weighted by atomic mass is 10.0. The van der Waals surface area contributed by atoms with Gasteiger partial charge in [0.2, 0.25) is 0 Å². The molecule has 0 aliphatic heterocycles. The Morgan fingerprint density at radius 1 is 1.54 bits per heavy atom. The van der Waals surface area contributed by atoms with E-state index >= 15 is 0 Å². The molecule has 3 N–H and O–H groups in total. The van der Waals surface area contributed by atoms with Crippen molar-refractivity contribution < 1.29 is 0 Å². The normalized spacial score (nSPS) is 11.3. The largest absolute Gasteiger partial charge is 0.369 e. The third kappa shape index (κ3) is 4.42. The molecule has 0 saturated heterocycles. The fourth-order valence-corrected chi connectivity index (χ4v) is 0.909. The van der Waals surface area contributed by atoms with Gasteiger partial charge in [-0.1, -0.05) is 0 Å². The van der Waals surface area contributed by atoms with Crippen LogP contribution in [0.1, 0.15) is 20.3 Å². The van der Waals surface area contributed by atoms with Crippen LogP contribution >= 0.6 is 0 Å². The van der Waals surface area contributed by atoms with Crippen molar-refractivity contribution in [1.29, 1.82) is 0 Å². The summed E-state index contributed by atoms with van der Waals surface area (Å²) in [5, 5.41) is 10.8. The summed E-state index contributed by atoms with van der Waals surface area (Å²) in [6, 6.07) is 3.74. The van der Waals surface area contributed by atoms with Gasteiger partial charge < -0.3 is 11.1 Å². The lowest BCUT2D eigenvalue weighted by Crippen LogP contribution is -2.34. The number of hydrogen-bond acceptors (Lipinski definition) is 4. The molecule has 1 rings (SSSR count). The highest BCUT2D eigenvalue weighted by molar-refractivity contribution is 5.31. The van der Waals surface area contributed by atoms with Crippen LogP contribution in [0.15, 0.2) is 18.3 Å². The maximum Gasteiger partial charge on any atom is 0.148 e. The molecule has 0 atom stereocenters. The van der Waals surface area contributed by atoms with E-state index in [1.807, 2.05) is 26.0 Å². The molecule has 0 aliphatic carbocycles. The minimum Gasteiger partial charge on any atom is -0.369 e. The van der Waals surface area contributed by atoms with E-state index in [2.05, 4.69) is 15.5 Å². The third-order valence-electron chi connectivity index (χ3n) is 1.65. The smallest absolute Gasteiger partial charge is 0.148 e. The molecular weight excluding hydrogens is 164 g/mol. The van der Waals surface area contributed by atoms with E-state index in [0.717, 1.165) is 18.8 Å². The van der Waals surface area contributed by atoms with Gasteiger partial charge in [-0.05, 0) is 32.4 Å². The first kappa shape index (κ1) is 9.92. The lowest BCUT2D eigenvalue weighted by Gasteiger charge is -2.18. The van der Waals surface area contributed by atoms with Crippen LogP contribution in [0.3, 0.4) is 0 Å². The molecule has 0 bridgehead atoms. The van der Waals surface area contributed by atoms with Crippen LogP contribution in [-0.2, 0) is 0 Å². The molecule has 0 spiro atoms. The minimum absolute atomic E-state index is 0.130. The molecule has 4 heteroatoms. The molecule has 0 fully saturated rings. The number of nitrogens with zero attached hydrogens (tertiary/aromatic N) is 2. The van der Waals surface area contributed by atoms with Crippen LogP contribution in [0.4, 0.5) is 5.82 Å². The molecule has 0 unspecified atom stereocenters. The van der Waals surface area contributed by atoms with Gasteiger partial charge in [-0.15, -0.1) is 5.10 Å². The highest BCUT2D eigenvalue weighted by atomic mass is 15.2. The van der Waals surface area contributed by atoms with Crippen LogP contribution in [0.5, 0.6) is 0 Å². The van der Waals surface area contributed by atoms with E-state index in [-0.39, 0.29) is 5.54 Å². The lowest BCUT2D eigenvalue weighted by molar-refractivity contribution is 0.490. The van der Waals surface area contributed by atoms with Crippen molar-refractivity contribution >= 4 is 5.82 Å². The Morgan fingerprint density at radius 3 is 2.85 bits per heavy atom. The predicted molar refractivity (Wildman–Crippen MR) is 53.4 cm³/mol. The fourth-order valence-electron chi connectivity index (χ4n) is 0.909. The van der Waals surface area contributed by atoms with E-state index in [9.17, 15) is 0 Å². The quantitative estimate of drug-likeness (QED) is 0.726. The molecule has 0 aliphatic rings.